The normalized spacial score (nSPS) is 10.5. The largest absolute Gasteiger partial charge is 0.497 e. The van der Waals surface area contributed by atoms with Gasteiger partial charge < -0.3 is 25.4 Å². The van der Waals surface area contributed by atoms with E-state index in [1.54, 1.807) is 45.5 Å². The summed E-state index contributed by atoms with van der Waals surface area (Å²) in [6.07, 6.45) is 0.874. The number of aliphatic imine (C=N–C) groups is 1. The first-order valence-corrected chi connectivity index (χ1v) is 9.16. The Morgan fingerprint density at radius 2 is 1.34 bits per heavy atom. The van der Waals surface area contributed by atoms with Crippen LogP contribution in [0.2, 0.25) is 0 Å². The van der Waals surface area contributed by atoms with Crippen molar-refractivity contribution in [1.29, 1.82) is 0 Å². The predicted molar refractivity (Wildman–Crippen MR) is 127 cm³/mol. The number of methoxy groups -OCH3 is 2. The second kappa shape index (κ2) is 13.6. The van der Waals surface area contributed by atoms with Gasteiger partial charge in [-0.15, -0.1) is 24.0 Å². The highest BCUT2D eigenvalue weighted by Crippen LogP contribution is 2.11. The molecular formula is C21H29IN4O3. The molecule has 2 aromatic carbocycles. The third-order valence-electron chi connectivity index (χ3n) is 4.14. The molecule has 0 atom stereocenters. The molecule has 158 valence electrons. The Hall–Kier alpha value is -2.49. The molecule has 0 heterocycles. The lowest BCUT2D eigenvalue weighted by atomic mass is 10.1. The van der Waals surface area contributed by atoms with Crippen LogP contribution in [-0.4, -0.2) is 52.8 Å². The van der Waals surface area contributed by atoms with Gasteiger partial charge in [-0.2, -0.15) is 0 Å². The van der Waals surface area contributed by atoms with Crippen LogP contribution < -0.4 is 25.4 Å². The summed E-state index contributed by atoms with van der Waals surface area (Å²) in [5, 5.41) is 9.31. The first kappa shape index (κ1) is 24.5. The van der Waals surface area contributed by atoms with Gasteiger partial charge in [0.1, 0.15) is 11.5 Å². The van der Waals surface area contributed by atoms with Gasteiger partial charge in [0, 0.05) is 32.2 Å². The minimum Gasteiger partial charge on any atom is -0.497 e. The van der Waals surface area contributed by atoms with Crippen LogP contribution >= 0.6 is 24.0 Å². The maximum Gasteiger partial charge on any atom is 0.251 e. The lowest BCUT2D eigenvalue weighted by molar-refractivity contribution is 0.0954. The Bertz CT molecular complexity index is 765. The number of carbonyl (C=O) groups excluding carboxylic acids is 1. The summed E-state index contributed by atoms with van der Waals surface area (Å²) in [6.45, 7) is 1.82. The van der Waals surface area contributed by atoms with E-state index in [2.05, 4.69) is 20.9 Å². The summed E-state index contributed by atoms with van der Waals surface area (Å²) < 4.78 is 10.2. The predicted octanol–water partition coefficient (Wildman–Crippen LogP) is 2.46. The number of guanidine groups is 1. The number of halogens is 1. The summed E-state index contributed by atoms with van der Waals surface area (Å²) in [7, 11) is 4.98. The van der Waals surface area contributed by atoms with Crippen LogP contribution in [0.4, 0.5) is 0 Å². The summed E-state index contributed by atoms with van der Waals surface area (Å²) in [4.78, 5) is 16.3. The molecule has 0 aliphatic rings. The topological polar surface area (TPSA) is 84.0 Å². The summed E-state index contributed by atoms with van der Waals surface area (Å²) >= 11 is 0. The Labute approximate surface area is 189 Å². The number of nitrogens with zero attached hydrogens (tertiary/aromatic N) is 1. The minimum absolute atomic E-state index is 0. The summed E-state index contributed by atoms with van der Waals surface area (Å²) in [5.74, 6) is 2.16. The van der Waals surface area contributed by atoms with Gasteiger partial charge >= 0.3 is 0 Å². The van der Waals surface area contributed by atoms with Crippen LogP contribution in [0.25, 0.3) is 0 Å². The second-order valence-electron chi connectivity index (χ2n) is 6.01. The average molecular weight is 512 g/mol. The van der Waals surface area contributed by atoms with E-state index in [9.17, 15) is 4.79 Å². The zero-order valence-corrected chi connectivity index (χ0v) is 19.4. The van der Waals surface area contributed by atoms with Crippen molar-refractivity contribution < 1.29 is 14.3 Å². The van der Waals surface area contributed by atoms with Crippen LogP contribution in [0.15, 0.2) is 53.5 Å². The number of hydrogen-bond donors (Lipinski definition) is 3. The fraction of sp³-hybridized carbons (Fsp3) is 0.333. The Morgan fingerprint density at radius 3 is 1.90 bits per heavy atom. The molecule has 0 aromatic heterocycles. The molecular weight excluding hydrogens is 483 g/mol. The zero-order chi connectivity index (χ0) is 20.2. The fourth-order valence-corrected chi connectivity index (χ4v) is 2.54. The van der Waals surface area contributed by atoms with Crippen molar-refractivity contribution in [2.45, 2.75) is 6.42 Å². The molecule has 0 fully saturated rings. The van der Waals surface area contributed by atoms with E-state index in [4.69, 9.17) is 9.47 Å². The van der Waals surface area contributed by atoms with Crippen molar-refractivity contribution in [3.63, 3.8) is 0 Å². The van der Waals surface area contributed by atoms with Crippen LogP contribution in [0.5, 0.6) is 11.5 Å². The Balaban J connectivity index is 0.00000420. The molecule has 2 rings (SSSR count). The third kappa shape index (κ3) is 8.59. The smallest absolute Gasteiger partial charge is 0.251 e. The number of amides is 1. The Morgan fingerprint density at radius 1 is 0.828 bits per heavy atom. The van der Waals surface area contributed by atoms with E-state index in [0.717, 1.165) is 24.5 Å². The van der Waals surface area contributed by atoms with Crippen molar-refractivity contribution in [3.05, 3.63) is 59.7 Å². The van der Waals surface area contributed by atoms with Crippen molar-refractivity contribution in [2.75, 3.05) is 40.9 Å². The van der Waals surface area contributed by atoms with Gasteiger partial charge in [0.25, 0.3) is 5.91 Å². The van der Waals surface area contributed by atoms with E-state index in [0.29, 0.717) is 24.6 Å². The van der Waals surface area contributed by atoms with E-state index in [-0.39, 0.29) is 29.9 Å². The first-order chi connectivity index (χ1) is 13.7. The van der Waals surface area contributed by atoms with Gasteiger partial charge in [-0.3, -0.25) is 9.79 Å². The van der Waals surface area contributed by atoms with E-state index >= 15 is 0 Å². The van der Waals surface area contributed by atoms with Crippen LogP contribution in [0.3, 0.4) is 0 Å². The van der Waals surface area contributed by atoms with E-state index < -0.39 is 0 Å². The molecule has 7 nitrogen and oxygen atoms in total. The van der Waals surface area contributed by atoms with Gasteiger partial charge in [0.05, 0.1) is 14.2 Å². The maximum absolute atomic E-state index is 12.1. The number of nitrogens with one attached hydrogen (secondary N) is 3. The first-order valence-electron chi connectivity index (χ1n) is 9.16. The maximum atomic E-state index is 12.1. The minimum atomic E-state index is -0.119. The highest BCUT2D eigenvalue weighted by atomic mass is 127. The molecule has 0 unspecified atom stereocenters. The Kier molecular flexibility index (Phi) is 11.6. The summed E-state index contributed by atoms with van der Waals surface area (Å²) in [5.41, 5.74) is 1.82. The van der Waals surface area contributed by atoms with Crippen LogP contribution in [-0.2, 0) is 6.42 Å². The van der Waals surface area contributed by atoms with Crippen molar-refractivity contribution >= 4 is 35.8 Å². The molecule has 0 aliphatic heterocycles. The monoisotopic (exact) mass is 512 g/mol. The van der Waals surface area contributed by atoms with Crippen molar-refractivity contribution in [1.82, 2.24) is 16.0 Å². The fourth-order valence-electron chi connectivity index (χ4n) is 2.54. The number of rotatable bonds is 9. The molecule has 0 saturated carbocycles. The van der Waals surface area contributed by atoms with Gasteiger partial charge in [0.2, 0.25) is 0 Å². The molecule has 1 amide bonds. The SMILES string of the molecule is CN=C(NCCNC(=O)c1ccc(OC)cc1)NCCc1ccc(OC)cc1.I. The number of hydrogen-bond acceptors (Lipinski definition) is 4. The molecule has 0 spiro atoms. The number of carbonyl (C=O) groups is 1. The van der Waals surface area contributed by atoms with Gasteiger partial charge in [-0.05, 0) is 48.4 Å². The third-order valence-corrected chi connectivity index (χ3v) is 4.14. The van der Waals surface area contributed by atoms with Crippen molar-refractivity contribution in [3.8, 4) is 11.5 Å². The summed E-state index contributed by atoms with van der Waals surface area (Å²) in [6, 6.07) is 15.0. The molecule has 2 aromatic rings. The molecule has 0 bridgehead atoms. The van der Waals surface area contributed by atoms with E-state index in [1.807, 2.05) is 24.3 Å². The van der Waals surface area contributed by atoms with Gasteiger partial charge in [0.15, 0.2) is 5.96 Å². The molecule has 8 heteroatoms. The molecule has 3 N–H and O–H groups in total. The average Bonchev–Trinajstić information content (AvgIpc) is 2.75. The number of benzene rings is 2. The highest BCUT2D eigenvalue weighted by Gasteiger charge is 2.05. The molecule has 0 aliphatic carbocycles. The van der Waals surface area contributed by atoms with Gasteiger partial charge in [-0.25, -0.2) is 0 Å². The molecule has 0 radical (unpaired) electrons. The second-order valence-corrected chi connectivity index (χ2v) is 6.01. The van der Waals surface area contributed by atoms with Gasteiger partial charge in [-0.1, -0.05) is 12.1 Å². The standard InChI is InChI=1S/C21H28N4O3.HI/c1-22-21(24-13-12-16-4-8-18(27-2)9-5-16)25-15-14-23-20(26)17-6-10-19(28-3)11-7-17;/h4-11H,12-15H2,1-3H3,(H,23,26)(H2,22,24,25);1H. The van der Waals surface area contributed by atoms with Crippen molar-refractivity contribution in [2.24, 2.45) is 4.99 Å². The molecule has 29 heavy (non-hydrogen) atoms. The zero-order valence-electron chi connectivity index (χ0n) is 17.0. The van der Waals surface area contributed by atoms with Crippen LogP contribution in [0.1, 0.15) is 15.9 Å². The quantitative estimate of drug-likeness (QED) is 0.208. The number of ether oxygens (including phenoxy) is 2. The molecule has 0 saturated heterocycles. The lowest BCUT2D eigenvalue weighted by Gasteiger charge is -2.12. The lowest BCUT2D eigenvalue weighted by Crippen LogP contribution is -2.42. The van der Waals surface area contributed by atoms with Crippen LogP contribution in [0, 0.1) is 0 Å². The van der Waals surface area contributed by atoms with E-state index in [1.165, 1.54) is 5.56 Å². The highest BCUT2D eigenvalue weighted by molar-refractivity contribution is 14.0.